The van der Waals surface area contributed by atoms with E-state index in [1.165, 1.54) is 7.11 Å². The maximum Gasteiger partial charge on any atom is 0.338 e. The monoisotopic (exact) mass is 249 g/mol. The third-order valence-electron chi connectivity index (χ3n) is 3.33. The first-order valence-electron chi connectivity index (χ1n) is 6.24. The fraction of sp³-hybridized carbons (Fsp3) is 0.500. The molecule has 0 spiro atoms. The number of methoxy groups -OCH3 is 1. The second-order valence-electron chi connectivity index (χ2n) is 4.51. The maximum absolute atomic E-state index is 11.9. The van der Waals surface area contributed by atoms with E-state index in [1.807, 2.05) is 30.3 Å². The molecule has 98 valence electrons. The van der Waals surface area contributed by atoms with E-state index in [1.54, 1.807) is 0 Å². The minimum atomic E-state index is -0.782. The van der Waals surface area contributed by atoms with Crippen LogP contribution < -0.4 is 5.32 Å². The first-order chi connectivity index (χ1) is 8.77. The number of hydrogen-bond donors (Lipinski definition) is 1. The molecule has 1 aliphatic rings. The summed E-state index contributed by atoms with van der Waals surface area (Å²) in [4.78, 5) is 11.9. The summed E-state index contributed by atoms with van der Waals surface area (Å²) < 4.78 is 10.8. The Morgan fingerprint density at radius 3 is 2.56 bits per heavy atom. The molecule has 1 heterocycles. The van der Waals surface area contributed by atoms with Gasteiger partial charge in [-0.1, -0.05) is 30.3 Å². The summed E-state index contributed by atoms with van der Waals surface area (Å²) in [6.07, 6.45) is 1.32. The van der Waals surface area contributed by atoms with Gasteiger partial charge in [0.1, 0.15) is 0 Å². The van der Waals surface area contributed by atoms with Crippen molar-refractivity contribution in [3.05, 3.63) is 35.9 Å². The van der Waals surface area contributed by atoms with Gasteiger partial charge in [-0.15, -0.1) is 0 Å². The number of esters is 1. The summed E-state index contributed by atoms with van der Waals surface area (Å²) in [5, 5.41) is 3.23. The van der Waals surface area contributed by atoms with Crippen LogP contribution in [0.5, 0.6) is 0 Å². The van der Waals surface area contributed by atoms with Crippen LogP contribution in [-0.2, 0) is 20.9 Å². The maximum atomic E-state index is 11.9. The molecule has 0 aliphatic carbocycles. The van der Waals surface area contributed by atoms with E-state index >= 15 is 0 Å². The van der Waals surface area contributed by atoms with Crippen molar-refractivity contribution in [3.8, 4) is 0 Å². The third kappa shape index (κ3) is 2.89. The van der Waals surface area contributed by atoms with Gasteiger partial charge in [-0.05, 0) is 31.5 Å². The Kier molecular flexibility index (Phi) is 4.33. The first kappa shape index (κ1) is 13.1. The predicted molar refractivity (Wildman–Crippen MR) is 68.1 cm³/mol. The molecule has 1 aliphatic heterocycles. The summed E-state index contributed by atoms with van der Waals surface area (Å²) in [6, 6.07) is 9.88. The lowest BCUT2D eigenvalue weighted by Gasteiger charge is -2.34. The average molecular weight is 249 g/mol. The quantitative estimate of drug-likeness (QED) is 0.821. The Hall–Kier alpha value is -1.39. The molecule has 4 nitrogen and oxygen atoms in total. The molecule has 1 saturated heterocycles. The van der Waals surface area contributed by atoms with Crippen molar-refractivity contribution < 1.29 is 14.3 Å². The molecule has 1 N–H and O–H groups in total. The van der Waals surface area contributed by atoms with E-state index in [0.29, 0.717) is 19.4 Å². The molecule has 0 unspecified atom stereocenters. The topological polar surface area (TPSA) is 47.6 Å². The van der Waals surface area contributed by atoms with Crippen molar-refractivity contribution in [2.45, 2.75) is 25.0 Å². The first-order valence-corrected chi connectivity index (χ1v) is 6.24. The lowest BCUT2D eigenvalue weighted by molar-refractivity contribution is -0.175. The highest BCUT2D eigenvalue weighted by Crippen LogP contribution is 2.26. The number of carbonyl (C=O) groups excluding carboxylic acids is 1. The third-order valence-corrected chi connectivity index (χ3v) is 3.33. The zero-order chi connectivity index (χ0) is 12.8. The molecule has 2 rings (SSSR count). The van der Waals surface area contributed by atoms with Crippen molar-refractivity contribution in [1.82, 2.24) is 5.32 Å². The lowest BCUT2D eigenvalue weighted by atomic mass is 9.92. The molecular weight excluding hydrogens is 230 g/mol. The highest BCUT2D eigenvalue weighted by atomic mass is 16.6. The number of hydrogen-bond acceptors (Lipinski definition) is 4. The predicted octanol–water partition coefficient (Wildman–Crippen LogP) is 1.50. The summed E-state index contributed by atoms with van der Waals surface area (Å²) in [5.41, 5.74) is 0.287. The molecule has 0 radical (unpaired) electrons. The van der Waals surface area contributed by atoms with Crippen LogP contribution in [0.25, 0.3) is 0 Å². The number of carbonyl (C=O) groups is 1. The largest absolute Gasteiger partial charge is 0.467 e. The summed E-state index contributed by atoms with van der Waals surface area (Å²) in [5.74, 6) is -0.264. The van der Waals surface area contributed by atoms with Gasteiger partial charge in [0.15, 0.2) is 5.60 Å². The van der Waals surface area contributed by atoms with Crippen LogP contribution in [0.1, 0.15) is 18.4 Å². The number of nitrogens with one attached hydrogen (secondary N) is 1. The summed E-state index contributed by atoms with van der Waals surface area (Å²) in [6.45, 7) is 2.00. The van der Waals surface area contributed by atoms with Gasteiger partial charge in [0.05, 0.1) is 13.7 Å². The van der Waals surface area contributed by atoms with Gasteiger partial charge in [0, 0.05) is 0 Å². The van der Waals surface area contributed by atoms with Crippen LogP contribution in [0.15, 0.2) is 30.3 Å². The van der Waals surface area contributed by atoms with E-state index in [9.17, 15) is 4.79 Å². The number of ether oxygens (including phenoxy) is 2. The second kappa shape index (κ2) is 5.98. The van der Waals surface area contributed by atoms with Crippen LogP contribution in [0, 0.1) is 0 Å². The Morgan fingerprint density at radius 2 is 1.94 bits per heavy atom. The molecule has 4 heteroatoms. The van der Waals surface area contributed by atoms with E-state index in [4.69, 9.17) is 9.47 Å². The van der Waals surface area contributed by atoms with Gasteiger partial charge in [-0.3, -0.25) is 0 Å². The summed E-state index contributed by atoms with van der Waals surface area (Å²) >= 11 is 0. The number of benzene rings is 1. The minimum Gasteiger partial charge on any atom is -0.467 e. The molecule has 1 fully saturated rings. The molecule has 18 heavy (non-hydrogen) atoms. The standard InChI is InChI=1S/C14H19NO3/c1-17-13(16)14(7-9-15-10-8-14)18-11-12-5-3-2-4-6-12/h2-6,15H,7-11H2,1H3. The number of piperidine rings is 1. The van der Waals surface area contributed by atoms with E-state index < -0.39 is 5.60 Å². The van der Waals surface area contributed by atoms with Crippen molar-refractivity contribution in [2.24, 2.45) is 0 Å². The Balaban J connectivity index is 2.04. The zero-order valence-electron chi connectivity index (χ0n) is 10.6. The Morgan fingerprint density at radius 1 is 1.28 bits per heavy atom. The number of rotatable bonds is 4. The molecule has 0 atom stereocenters. The van der Waals surface area contributed by atoms with Gasteiger partial charge in [-0.25, -0.2) is 4.79 Å². The van der Waals surface area contributed by atoms with Gasteiger partial charge in [-0.2, -0.15) is 0 Å². The fourth-order valence-electron chi connectivity index (χ4n) is 2.22. The normalized spacial score (nSPS) is 18.3. The van der Waals surface area contributed by atoms with Gasteiger partial charge < -0.3 is 14.8 Å². The SMILES string of the molecule is COC(=O)C1(OCc2ccccc2)CCNCC1. The van der Waals surface area contributed by atoms with Crippen LogP contribution in [0.3, 0.4) is 0 Å². The van der Waals surface area contributed by atoms with Crippen molar-refractivity contribution in [1.29, 1.82) is 0 Å². The molecule has 0 bridgehead atoms. The second-order valence-corrected chi connectivity index (χ2v) is 4.51. The Labute approximate surface area is 107 Å². The van der Waals surface area contributed by atoms with Crippen molar-refractivity contribution in [3.63, 3.8) is 0 Å². The molecule has 0 amide bonds. The smallest absolute Gasteiger partial charge is 0.338 e. The van der Waals surface area contributed by atoms with Crippen LogP contribution >= 0.6 is 0 Å². The molecular formula is C14H19NO3. The van der Waals surface area contributed by atoms with E-state index in [0.717, 1.165) is 18.7 Å². The van der Waals surface area contributed by atoms with E-state index in [2.05, 4.69) is 5.32 Å². The minimum absolute atomic E-state index is 0.264. The molecule has 1 aromatic rings. The molecule has 0 saturated carbocycles. The highest BCUT2D eigenvalue weighted by Gasteiger charge is 2.41. The molecule has 0 aromatic heterocycles. The van der Waals surface area contributed by atoms with Crippen LogP contribution in [0.4, 0.5) is 0 Å². The lowest BCUT2D eigenvalue weighted by Crippen LogP contribution is -2.50. The van der Waals surface area contributed by atoms with Gasteiger partial charge in [0.2, 0.25) is 0 Å². The van der Waals surface area contributed by atoms with Crippen LogP contribution in [0.2, 0.25) is 0 Å². The fourth-order valence-corrected chi connectivity index (χ4v) is 2.22. The highest BCUT2D eigenvalue weighted by molar-refractivity contribution is 5.79. The average Bonchev–Trinajstić information content (AvgIpc) is 2.46. The molecule has 1 aromatic carbocycles. The van der Waals surface area contributed by atoms with Gasteiger partial charge in [0.25, 0.3) is 0 Å². The summed E-state index contributed by atoms with van der Waals surface area (Å²) in [7, 11) is 1.41. The van der Waals surface area contributed by atoms with Crippen LogP contribution in [-0.4, -0.2) is 31.8 Å². The van der Waals surface area contributed by atoms with Crippen molar-refractivity contribution >= 4 is 5.97 Å². The zero-order valence-corrected chi connectivity index (χ0v) is 10.6. The van der Waals surface area contributed by atoms with Crippen molar-refractivity contribution in [2.75, 3.05) is 20.2 Å². The van der Waals surface area contributed by atoms with Gasteiger partial charge >= 0.3 is 5.97 Å². The van der Waals surface area contributed by atoms with E-state index in [-0.39, 0.29) is 5.97 Å². The Bertz CT molecular complexity index is 385.